The molecule has 0 radical (unpaired) electrons. The van der Waals surface area contributed by atoms with E-state index in [0.717, 1.165) is 11.7 Å². The van der Waals surface area contributed by atoms with Crippen molar-refractivity contribution in [1.29, 1.82) is 0 Å². The first-order chi connectivity index (χ1) is 12.7. The zero-order chi connectivity index (χ0) is 18.4. The van der Waals surface area contributed by atoms with E-state index in [0.29, 0.717) is 43.4 Å². The van der Waals surface area contributed by atoms with Crippen molar-refractivity contribution in [2.45, 2.75) is 19.9 Å². The SMILES string of the molecule is CCNC(=NCc1nnc2ccccn12)NCCc1cccc(F)c1F.I. The van der Waals surface area contributed by atoms with E-state index in [4.69, 9.17) is 0 Å². The first-order valence-corrected chi connectivity index (χ1v) is 8.42. The molecule has 0 saturated heterocycles. The topological polar surface area (TPSA) is 66.6 Å². The minimum Gasteiger partial charge on any atom is -0.357 e. The summed E-state index contributed by atoms with van der Waals surface area (Å²) in [6.07, 6.45) is 2.23. The average molecular weight is 486 g/mol. The predicted molar refractivity (Wildman–Crippen MR) is 111 cm³/mol. The van der Waals surface area contributed by atoms with Crippen molar-refractivity contribution in [2.24, 2.45) is 4.99 Å². The van der Waals surface area contributed by atoms with Crippen molar-refractivity contribution in [3.63, 3.8) is 0 Å². The summed E-state index contributed by atoms with van der Waals surface area (Å²) in [7, 11) is 0. The van der Waals surface area contributed by atoms with Crippen LogP contribution in [0.5, 0.6) is 0 Å². The standard InChI is InChI=1S/C18H20F2N6.HI/c1-2-21-18(22-10-9-13-6-5-7-14(19)17(13)20)23-12-16-25-24-15-8-3-4-11-26(15)16;/h3-8,11H,2,9-10,12H2,1H3,(H2,21,22,23);1H. The van der Waals surface area contributed by atoms with E-state index in [1.807, 2.05) is 35.7 Å². The van der Waals surface area contributed by atoms with Crippen LogP contribution in [0.1, 0.15) is 18.3 Å². The van der Waals surface area contributed by atoms with Gasteiger partial charge in [0.15, 0.2) is 29.1 Å². The number of guanidine groups is 1. The lowest BCUT2D eigenvalue weighted by Gasteiger charge is -2.11. The predicted octanol–water partition coefficient (Wildman–Crippen LogP) is 2.92. The third-order valence-electron chi connectivity index (χ3n) is 3.83. The largest absolute Gasteiger partial charge is 0.357 e. The maximum atomic E-state index is 13.7. The van der Waals surface area contributed by atoms with Crippen LogP contribution in [-0.2, 0) is 13.0 Å². The monoisotopic (exact) mass is 486 g/mol. The molecule has 0 aliphatic rings. The average Bonchev–Trinajstić information content (AvgIpc) is 3.06. The van der Waals surface area contributed by atoms with Crippen molar-refractivity contribution in [3.05, 3.63) is 65.6 Å². The maximum Gasteiger partial charge on any atom is 0.191 e. The van der Waals surface area contributed by atoms with Crippen LogP contribution in [0.3, 0.4) is 0 Å². The molecule has 0 aliphatic carbocycles. The van der Waals surface area contributed by atoms with E-state index in [-0.39, 0.29) is 24.0 Å². The Balaban J connectivity index is 0.00000261. The van der Waals surface area contributed by atoms with E-state index < -0.39 is 11.6 Å². The molecule has 0 amide bonds. The van der Waals surface area contributed by atoms with E-state index in [9.17, 15) is 8.78 Å². The zero-order valence-electron chi connectivity index (χ0n) is 14.8. The highest BCUT2D eigenvalue weighted by Crippen LogP contribution is 2.11. The highest BCUT2D eigenvalue weighted by molar-refractivity contribution is 14.0. The lowest BCUT2D eigenvalue weighted by atomic mass is 10.1. The fourth-order valence-electron chi connectivity index (χ4n) is 2.55. The number of hydrogen-bond donors (Lipinski definition) is 2. The van der Waals surface area contributed by atoms with E-state index in [1.165, 1.54) is 6.07 Å². The molecule has 27 heavy (non-hydrogen) atoms. The van der Waals surface area contributed by atoms with Crippen LogP contribution < -0.4 is 10.6 Å². The van der Waals surface area contributed by atoms with Crippen molar-refractivity contribution >= 4 is 35.6 Å². The van der Waals surface area contributed by atoms with Crippen LogP contribution in [0.25, 0.3) is 5.65 Å². The Bertz CT molecular complexity index is 912. The van der Waals surface area contributed by atoms with E-state index >= 15 is 0 Å². The number of benzene rings is 1. The molecule has 3 aromatic rings. The zero-order valence-corrected chi connectivity index (χ0v) is 17.2. The first-order valence-electron chi connectivity index (χ1n) is 8.42. The maximum absolute atomic E-state index is 13.7. The van der Waals surface area contributed by atoms with Gasteiger partial charge in [-0.2, -0.15) is 0 Å². The molecular weight excluding hydrogens is 465 g/mol. The number of aliphatic imine (C=N–C) groups is 1. The van der Waals surface area contributed by atoms with Gasteiger partial charge < -0.3 is 10.6 Å². The Morgan fingerprint density at radius 2 is 1.96 bits per heavy atom. The van der Waals surface area contributed by atoms with E-state index in [2.05, 4.69) is 25.8 Å². The summed E-state index contributed by atoms with van der Waals surface area (Å²) in [6, 6.07) is 9.86. The summed E-state index contributed by atoms with van der Waals surface area (Å²) in [4.78, 5) is 4.48. The third kappa shape index (κ3) is 5.34. The summed E-state index contributed by atoms with van der Waals surface area (Å²) in [5.74, 6) is -0.334. The molecule has 2 aromatic heterocycles. The van der Waals surface area contributed by atoms with Gasteiger partial charge in [0.05, 0.1) is 0 Å². The second-order valence-electron chi connectivity index (χ2n) is 5.63. The quantitative estimate of drug-likeness (QED) is 0.320. The smallest absolute Gasteiger partial charge is 0.191 e. The number of hydrogen-bond acceptors (Lipinski definition) is 3. The Hall–Kier alpha value is -2.30. The number of nitrogens with one attached hydrogen (secondary N) is 2. The molecule has 0 unspecified atom stereocenters. The molecule has 2 heterocycles. The Kier molecular flexibility index (Phi) is 7.89. The highest BCUT2D eigenvalue weighted by atomic mass is 127. The van der Waals surface area contributed by atoms with Gasteiger partial charge in [-0.25, -0.2) is 13.8 Å². The summed E-state index contributed by atoms with van der Waals surface area (Å²) >= 11 is 0. The van der Waals surface area contributed by atoms with Crippen molar-refractivity contribution in [3.8, 4) is 0 Å². The van der Waals surface area contributed by atoms with Gasteiger partial charge in [-0.15, -0.1) is 34.2 Å². The molecule has 1 aromatic carbocycles. The molecule has 0 spiro atoms. The van der Waals surface area contributed by atoms with Gasteiger partial charge in [0.1, 0.15) is 6.54 Å². The molecule has 3 rings (SSSR count). The first kappa shape index (κ1) is 21.0. The number of rotatable bonds is 6. The fraction of sp³-hybridized carbons (Fsp3) is 0.278. The van der Waals surface area contributed by atoms with Gasteiger partial charge in [0.2, 0.25) is 0 Å². The number of nitrogens with zero attached hydrogens (tertiary/aromatic N) is 4. The summed E-state index contributed by atoms with van der Waals surface area (Å²) in [6.45, 7) is 3.40. The molecular formula is C18H21F2IN6. The number of pyridine rings is 1. The molecule has 0 bridgehead atoms. The Labute approximate surface area is 173 Å². The lowest BCUT2D eigenvalue weighted by molar-refractivity contribution is 0.498. The van der Waals surface area contributed by atoms with Gasteiger partial charge in [-0.05, 0) is 37.1 Å². The van der Waals surface area contributed by atoms with E-state index in [1.54, 1.807) is 6.07 Å². The number of aromatic nitrogens is 3. The van der Waals surface area contributed by atoms with Crippen molar-refractivity contribution in [2.75, 3.05) is 13.1 Å². The van der Waals surface area contributed by atoms with Gasteiger partial charge in [-0.3, -0.25) is 4.40 Å². The second kappa shape index (κ2) is 10.1. The molecule has 0 atom stereocenters. The molecule has 9 heteroatoms. The van der Waals surface area contributed by atoms with Crippen LogP contribution in [-0.4, -0.2) is 33.6 Å². The summed E-state index contributed by atoms with van der Waals surface area (Å²) < 4.78 is 28.8. The van der Waals surface area contributed by atoms with Gasteiger partial charge in [0.25, 0.3) is 0 Å². The molecule has 6 nitrogen and oxygen atoms in total. The van der Waals surface area contributed by atoms with Crippen LogP contribution in [0.4, 0.5) is 8.78 Å². The molecule has 2 N–H and O–H groups in total. The molecule has 144 valence electrons. The van der Waals surface area contributed by atoms with Gasteiger partial charge >= 0.3 is 0 Å². The molecule has 0 saturated carbocycles. The molecule has 0 fully saturated rings. The minimum absolute atomic E-state index is 0. The third-order valence-corrected chi connectivity index (χ3v) is 3.83. The van der Waals surface area contributed by atoms with Crippen LogP contribution in [0, 0.1) is 11.6 Å². The summed E-state index contributed by atoms with van der Waals surface area (Å²) in [5, 5.41) is 14.5. The van der Waals surface area contributed by atoms with Crippen LogP contribution in [0.15, 0.2) is 47.6 Å². The number of halogens is 3. The minimum atomic E-state index is -0.832. The van der Waals surface area contributed by atoms with Gasteiger partial charge in [-0.1, -0.05) is 18.2 Å². The normalized spacial score (nSPS) is 11.3. The fourth-order valence-corrected chi connectivity index (χ4v) is 2.55. The summed E-state index contributed by atoms with van der Waals surface area (Å²) in [5.41, 5.74) is 1.09. The van der Waals surface area contributed by atoms with Crippen molar-refractivity contribution < 1.29 is 8.78 Å². The second-order valence-corrected chi connectivity index (χ2v) is 5.63. The highest BCUT2D eigenvalue weighted by Gasteiger charge is 2.08. The Morgan fingerprint density at radius 1 is 1.11 bits per heavy atom. The number of fused-ring (bicyclic) bond motifs is 1. The van der Waals surface area contributed by atoms with Crippen LogP contribution in [0.2, 0.25) is 0 Å². The van der Waals surface area contributed by atoms with Crippen molar-refractivity contribution in [1.82, 2.24) is 25.2 Å². The van der Waals surface area contributed by atoms with Gasteiger partial charge in [0, 0.05) is 19.3 Å². The van der Waals surface area contributed by atoms with Crippen LogP contribution >= 0.6 is 24.0 Å². The Morgan fingerprint density at radius 3 is 2.78 bits per heavy atom. The lowest BCUT2D eigenvalue weighted by Crippen LogP contribution is -2.38. The molecule has 0 aliphatic heterocycles.